The molecule has 0 saturated carbocycles. The number of amides is 3. The van der Waals surface area contributed by atoms with Gasteiger partial charge in [0.2, 0.25) is 0 Å². The van der Waals surface area contributed by atoms with E-state index in [0.717, 1.165) is 11.1 Å². The van der Waals surface area contributed by atoms with Crippen LogP contribution in [0.3, 0.4) is 0 Å². The molecule has 1 aliphatic heterocycles. The maximum atomic E-state index is 12.2. The first-order chi connectivity index (χ1) is 13.7. The summed E-state index contributed by atoms with van der Waals surface area (Å²) < 4.78 is 10.1. The number of hydrogen-bond donors (Lipinski definition) is 3. The molecule has 1 aromatic rings. The van der Waals surface area contributed by atoms with Crippen molar-refractivity contribution in [3.8, 4) is 0 Å². The fraction of sp³-hybridized carbons (Fsp3) is 0.400. The maximum Gasteiger partial charge on any atom is 0.338 e. The Morgan fingerprint density at radius 2 is 1.86 bits per heavy atom. The summed E-state index contributed by atoms with van der Waals surface area (Å²) in [5.74, 6) is -1.72. The average Bonchev–Trinajstić information content (AvgIpc) is 2.66. The fourth-order valence-electron chi connectivity index (χ4n) is 2.73. The Hall–Kier alpha value is -3.36. The zero-order valence-electron chi connectivity index (χ0n) is 16.9. The summed E-state index contributed by atoms with van der Waals surface area (Å²) in [4.78, 5) is 48.0. The Labute approximate surface area is 168 Å². The molecular formula is C20H25N3O6. The van der Waals surface area contributed by atoms with Crippen molar-refractivity contribution >= 4 is 23.9 Å². The molecule has 9 heteroatoms. The first kappa shape index (κ1) is 21.9. The number of benzene rings is 1. The number of hydrogen-bond acceptors (Lipinski definition) is 6. The molecule has 1 heterocycles. The minimum Gasteiger partial charge on any atom is -0.463 e. The number of carbonyl (C=O) groups excluding carboxylic acids is 4. The molecule has 1 aromatic carbocycles. The highest BCUT2D eigenvalue weighted by atomic mass is 16.5. The van der Waals surface area contributed by atoms with Gasteiger partial charge in [-0.1, -0.05) is 6.07 Å². The van der Waals surface area contributed by atoms with Gasteiger partial charge in [0.25, 0.3) is 5.91 Å². The molecule has 156 valence electrons. The summed E-state index contributed by atoms with van der Waals surface area (Å²) in [7, 11) is 0. The molecule has 0 radical (unpaired) electrons. The largest absolute Gasteiger partial charge is 0.463 e. The molecule has 0 saturated heterocycles. The van der Waals surface area contributed by atoms with Crippen molar-refractivity contribution in [2.75, 3.05) is 19.8 Å². The molecule has 3 amide bonds. The second-order valence-corrected chi connectivity index (χ2v) is 6.58. The fourth-order valence-corrected chi connectivity index (χ4v) is 2.73. The number of esters is 2. The molecule has 1 unspecified atom stereocenters. The predicted molar refractivity (Wildman–Crippen MR) is 104 cm³/mol. The number of aryl methyl sites for hydroxylation is 2. The Morgan fingerprint density at radius 3 is 2.52 bits per heavy atom. The van der Waals surface area contributed by atoms with E-state index in [2.05, 4.69) is 16.0 Å². The molecule has 0 aromatic heterocycles. The molecule has 0 fully saturated rings. The first-order valence-corrected chi connectivity index (χ1v) is 9.21. The number of urea groups is 1. The minimum absolute atomic E-state index is 0.147. The summed E-state index contributed by atoms with van der Waals surface area (Å²) >= 11 is 0. The lowest BCUT2D eigenvalue weighted by atomic mass is 10.0. The number of rotatable bonds is 7. The highest BCUT2D eigenvalue weighted by Gasteiger charge is 2.30. The van der Waals surface area contributed by atoms with E-state index in [1.54, 1.807) is 26.0 Å². The zero-order chi connectivity index (χ0) is 21.6. The summed E-state index contributed by atoms with van der Waals surface area (Å²) in [6.45, 7) is 6.60. The normalized spacial score (nSPS) is 15.9. The van der Waals surface area contributed by atoms with Crippen molar-refractivity contribution in [3.63, 3.8) is 0 Å². The second-order valence-electron chi connectivity index (χ2n) is 6.58. The van der Waals surface area contributed by atoms with E-state index < -0.39 is 29.9 Å². The first-order valence-electron chi connectivity index (χ1n) is 9.21. The molecular weight excluding hydrogens is 378 g/mol. The second kappa shape index (κ2) is 9.72. The van der Waals surface area contributed by atoms with E-state index in [1.165, 1.54) is 0 Å². The SMILES string of the molecule is CCOC(=O)C1=C(COC(=O)CNC(=O)c2ccc(C)c(C)c2)NC(=O)NC1C. The van der Waals surface area contributed by atoms with Crippen LogP contribution in [0.4, 0.5) is 4.79 Å². The third-order valence-corrected chi connectivity index (χ3v) is 4.41. The highest BCUT2D eigenvalue weighted by molar-refractivity contribution is 5.96. The highest BCUT2D eigenvalue weighted by Crippen LogP contribution is 2.14. The van der Waals surface area contributed by atoms with E-state index >= 15 is 0 Å². The van der Waals surface area contributed by atoms with Crippen LogP contribution in [-0.2, 0) is 19.1 Å². The lowest BCUT2D eigenvalue weighted by molar-refractivity contribution is -0.142. The molecule has 2 rings (SSSR count). The lowest BCUT2D eigenvalue weighted by Crippen LogP contribution is -2.50. The van der Waals surface area contributed by atoms with Crippen LogP contribution in [0.5, 0.6) is 0 Å². The van der Waals surface area contributed by atoms with Gasteiger partial charge in [-0.2, -0.15) is 0 Å². The lowest BCUT2D eigenvalue weighted by Gasteiger charge is -2.26. The molecule has 1 aliphatic rings. The standard InChI is InChI=1S/C20H25N3O6/c1-5-28-19(26)17-13(4)22-20(27)23-15(17)10-29-16(24)9-21-18(25)14-7-6-11(2)12(3)8-14/h6-8,13H,5,9-10H2,1-4H3,(H,21,25)(H2,22,23,27). The van der Waals surface area contributed by atoms with E-state index in [9.17, 15) is 19.2 Å². The van der Waals surface area contributed by atoms with Gasteiger partial charge in [0.15, 0.2) is 0 Å². The molecule has 3 N–H and O–H groups in total. The van der Waals surface area contributed by atoms with Crippen molar-refractivity contribution in [1.82, 2.24) is 16.0 Å². The summed E-state index contributed by atoms with van der Waals surface area (Å²) in [6, 6.07) is 4.12. The van der Waals surface area contributed by atoms with Crippen LogP contribution in [0.1, 0.15) is 35.3 Å². The van der Waals surface area contributed by atoms with Gasteiger partial charge < -0.3 is 25.4 Å². The molecule has 0 spiro atoms. The Balaban J connectivity index is 1.96. The van der Waals surface area contributed by atoms with Gasteiger partial charge in [0.1, 0.15) is 13.2 Å². The van der Waals surface area contributed by atoms with Gasteiger partial charge in [-0.15, -0.1) is 0 Å². The minimum atomic E-state index is -0.710. The molecule has 9 nitrogen and oxygen atoms in total. The molecule has 29 heavy (non-hydrogen) atoms. The van der Waals surface area contributed by atoms with E-state index in [-0.39, 0.29) is 31.0 Å². The third-order valence-electron chi connectivity index (χ3n) is 4.41. The van der Waals surface area contributed by atoms with Crippen molar-refractivity contribution in [2.45, 2.75) is 33.7 Å². The Kier molecular flexibility index (Phi) is 7.35. The van der Waals surface area contributed by atoms with Gasteiger partial charge in [0.05, 0.1) is 23.9 Å². The van der Waals surface area contributed by atoms with Gasteiger partial charge in [0, 0.05) is 5.56 Å². The van der Waals surface area contributed by atoms with Crippen molar-refractivity contribution in [1.29, 1.82) is 0 Å². The van der Waals surface area contributed by atoms with Gasteiger partial charge in [-0.25, -0.2) is 9.59 Å². The quantitative estimate of drug-likeness (QED) is 0.586. The number of carbonyl (C=O) groups is 4. The van der Waals surface area contributed by atoms with Crippen LogP contribution in [0.25, 0.3) is 0 Å². The average molecular weight is 403 g/mol. The van der Waals surface area contributed by atoms with Gasteiger partial charge >= 0.3 is 18.0 Å². The Bertz CT molecular complexity index is 862. The van der Waals surface area contributed by atoms with Crippen LogP contribution in [0, 0.1) is 13.8 Å². The van der Waals surface area contributed by atoms with Gasteiger partial charge in [-0.05, 0) is 51.0 Å². The van der Waals surface area contributed by atoms with Crippen molar-refractivity contribution in [3.05, 3.63) is 46.2 Å². The number of ether oxygens (including phenoxy) is 2. The van der Waals surface area contributed by atoms with E-state index in [1.807, 2.05) is 19.9 Å². The smallest absolute Gasteiger partial charge is 0.338 e. The van der Waals surface area contributed by atoms with Crippen LogP contribution in [0.15, 0.2) is 29.5 Å². The summed E-state index contributed by atoms with van der Waals surface area (Å²) in [6.07, 6.45) is 0. The topological polar surface area (TPSA) is 123 Å². The van der Waals surface area contributed by atoms with E-state index in [0.29, 0.717) is 5.56 Å². The van der Waals surface area contributed by atoms with Crippen LogP contribution in [0.2, 0.25) is 0 Å². The maximum absolute atomic E-state index is 12.2. The Morgan fingerprint density at radius 1 is 1.14 bits per heavy atom. The molecule has 1 atom stereocenters. The van der Waals surface area contributed by atoms with Crippen molar-refractivity contribution < 1.29 is 28.7 Å². The summed E-state index contributed by atoms with van der Waals surface area (Å²) in [5.41, 5.74) is 2.79. The van der Waals surface area contributed by atoms with Gasteiger partial charge in [-0.3, -0.25) is 9.59 Å². The van der Waals surface area contributed by atoms with E-state index in [4.69, 9.17) is 9.47 Å². The van der Waals surface area contributed by atoms with Crippen LogP contribution >= 0.6 is 0 Å². The van der Waals surface area contributed by atoms with Crippen molar-refractivity contribution in [2.24, 2.45) is 0 Å². The number of nitrogens with one attached hydrogen (secondary N) is 3. The summed E-state index contributed by atoms with van der Waals surface area (Å²) in [5, 5.41) is 7.49. The predicted octanol–water partition coefficient (Wildman–Crippen LogP) is 1.09. The molecule has 0 aliphatic carbocycles. The van der Waals surface area contributed by atoms with Crippen LogP contribution < -0.4 is 16.0 Å². The monoisotopic (exact) mass is 403 g/mol. The third kappa shape index (κ3) is 5.81. The molecule has 0 bridgehead atoms. The van der Waals surface area contributed by atoms with Crippen LogP contribution in [-0.4, -0.2) is 49.7 Å². The zero-order valence-corrected chi connectivity index (χ0v) is 16.9.